The van der Waals surface area contributed by atoms with Crippen LogP contribution in [0.25, 0.3) is 11.1 Å². The van der Waals surface area contributed by atoms with Crippen LogP contribution in [0.1, 0.15) is 26.2 Å². The van der Waals surface area contributed by atoms with Crippen molar-refractivity contribution in [1.29, 1.82) is 0 Å². The summed E-state index contributed by atoms with van der Waals surface area (Å²) in [5.74, 6) is 1.30. The molecule has 146 valence electrons. The molecular weight excluding hydrogens is 352 g/mol. The number of rotatable bonds is 6. The highest BCUT2D eigenvalue weighted by Crippen LogP contribution is 2.29. The van der Waals surface area contributed by atoms with E-state index in [9.17, 15) is 4.79 Å². The Hall–Kier alpha value is -3.09. The molecule has 0 unspecified atom stereocenters. The topological polar surface area (TPSA) is 99.4 Å². The highest BCUT2D eigenvalue weighted by atomic mass is 16.2. The normalized spacial score (nSPS) is 17.8. The Bertz CT molecular complexity index is 911. The Balaban J connectivity index is 1.61. The molecule has 7 nitrogen and oxygen atoms in total. The zero-order valence-electron chi connectivity index (χ0n) is 16.1. The summed E-state index contributed by atoms with van der Waals surface area (Å²) in [5, 5.41) is 10.4. The second-order valence-corrected chi connectivity index (χ2v) is 7.51. The molecule has 0 saturated heterocycles. The summed E-state index contributed by atoms with van der Waals surface area (Å²) >= 11 is 0. The van der Waals surface area contributed by atoms with Crippen molar-refractivity contribution >= 4 is 17.4 Å². The van der Waals surface area contributed by atoms with E-state index in [0.717, 1.165) is 53.5 Å². The largest absolute Gasteiger partial charge is 0.388 e. The van der Waals surface area contributed by atoms with Crippen molar-refractivity contribution in [2.45, 2.75) is 26.2 Å². The summed E-state index contributed by atoms with van der Waals surface area (Å²) < 4.78 is 0. The van der Waals surface area contributed by atoms with Crippen molar-refractivity contribution in [3.63, 3.8) is 0 Å². The standard InChI is InChI=1S/C21H26N6O/c1-14(28)27-8-7-20(23-10-15-5-6-15)19(13-27)21(22)26-18-4-2-3-16(9-18)17-11-24-25-12-17/h2-4,9,11-12,15,23H,5-8,10,13H2,1H3,(H2,22,26)(H,24,25). The lowest BCUT2D eigenvalue weighted by Crippen LogP contribution is -2.41. The van der Waals surface area contributed by atoms with Crippen LogP contribution in [0.15, 0.2) is 52.9 Å². The Kier molecular flexibility index (Phi) is 5.14. The molecule has 1 fully saturated rings. The smallest absolute Gasteiger partial charge is 0.219 e. The number of H-pyrrole nitrogens is 1. The van der Waals surface area contributed by atoms with Crippen molar-refractivity contribution in [3.05, 3.63) is 47.9 Å². The number of amidine groups is 1. The first-order valence-corrected chi connectivity index (χ1v) is 9.75. The fourth-order valence-electron chi connectivity index (χ4n) is 3.42. The van der Waals surface area contributed by atoms with E-state index >= 15 is 0 Å². The van der Waals surface area contributed by atoms with Gasteiger partial charge in [-0.05, 0) is 36.5 Å². The van der Waals surface area contributed by atoms with Gasteiger partial charge in [0.25, 0.3) is 0 Å². The van der Waals surface area contributed by atoms with Gasteiger partial charge in [-0.15, -0.1) is 0 Å². The van der Waals surface area contributed by atoms with E-state index in [1.807, 2.05) is 35.4 Å². The molecule has 1 aliphatic heterocycles. The highest BCUT2D eigenvalue weighted by Gasteiger charge is 2.26. The number of carbonyl (C=O) groups is 1. The first-order valence-electron chi connectivity index (χ1n) is 9.75. The van der Waals surface area contributed by atoms with Crippen LogP contribution in [0.5, 0.6) is 0 Å². The zero-order chi connectivity index (χ0) is 19.5. The van der Waals surface area contributed by atoms with E-state index < -0.39 is 0 Å². The number of benzene rings is 1. The average molecular weight is 378 g/mol. The highest BCUT2D eigenvalue weighted by molar-refractivity contribution is 6.00. The van der Waals surface area contributed by atoms with Gasteiger partial charge >= 0.3 is 0 Å². The number of hydrogen-bond donors (Lipinski definition) is 3. The Labute approximate surface area is 164 Å². The monoisotopic (exact) mass is 378 g/mol. The number of aromatic nitrogens is 2. The van der Waals surface area contributed by atoms with Crippen LogP contribution >= 0.6 is 0 Å². The third-order valence-corrected chi connectivity index (χ3v) is 5.33. The minimum Gasteiger partial charge on any atom is -0.388 e. The Morgan fingerprint density at radius 2 is 2.25 bits per heavy atom. The van der Waals surface area contributed by atoms with Crippen molar-refractivity contribution in [3.8, 4) is 11.1 Å². The van der Waals surface area contributed by atoms with Crippen LogP contribution in [-0.2, 0) is 4.79 Å². The summed E-state index contributed by atoms with van der Waals surface area (Å²) in [6.07, 6.45) is 6.99. The lowest BCUT2D eigenvalue weighted by Gasteiger charge is -2.30. The van der Waals surface area contributed by atoms with Gasteiger partial charge in [-0.1, -0.05) is 12.1 Å². The van der Waals surface area contributed by atoms with Gasteiger partial charge in [0, 0.05) is 49.5 Å². The number of nitrogens with two attached hydrogens (primary N) is 1. The summed E-state index contributed by atoms with van der Waals surface area (Å²) in [4.78, 5) is 18.4. The zero-order valence-corrected chi connectivity index (χ0v) is 16.1. The van der Waals surface area contributed by atoms with Crippen LogP contribution in [-0.4, -0.2) is 46.5 Å². The van der Waals surface area contributed by atoms with Crippen molar-refractivity contribution < 1.29 is 4.79 Å². The van der Waals surface area contributed by atoms with E-state index in [-0.39, 0.29) is 5.91 Å². The summed E-state index contributed by atoms with van der Waals surface area (Å²) in [6.45, 7) is 3.79. The van der Waals surface area contributed by atoms with Crippen LogP contribution in [0.3, 0.4) is 0 Å². The van der Waals surface area contributed by atoms with E-state index in [2.05, 4.69) is 20.5 Å². The van der Waals surface area contributed by atoms with E-state index in [1.54, 1.807) is 13.1 Å². The van der Waals surface area contributed by atoms with Gasteiger partial charge in [0.2, 0.25) is 5.91 Å². The van der Waals surface area contributed by atoms with E-state index in [1.165, 1.54) is 12.8 Å². The molecule has 0 radical (unpaired) electrons. The molecule has 4 N–H and O–H groups in total. The Morgan fingerprint density at radius 3 is 2.96 bits per heavy atom. The van der Waals surface area contributed by atoms with Crippen LogP contribution in [0, 0.1) is 5.92 Å². The fourth-order valence-corrected chi connectivity index (χ4v) is 3.42. The lowest BCUT2D eigenvalue weighted by atomic mass is 10.0. The molecule has 7 heteroatoms. The number of nitrogens with zero attached hydrogens (tertiary/aromatic N) is 3. The predicted octanol–water partition coefficient (Wildman–Crippen LogP) is 2.57. The quantitative estimate of drug-likeness (QED) is 0.531. The molecule has 2 heterocycles. The minimum atomic E-state index is 0.0634. The number of amides is 1. The first kappa shape index (κ1) is 18.3. The van der Waals surface area contributed by atoms with Crippen molar-refractivity contribution in [1.82, 2.24) is 20.4 Å². The van der Waals surface area contributed by atoms with Gasteiger partial charge in [-0.3, -0.25) is 9.89 Å². The fraction of sp³-hybridized carbons (Fsp3) is 0.381. The first-order chi connectivity index (χ1) is 13.6. The second-order valence-electron chi connectivity index (χ2n) is 7.51. The molecule has 0 atom stereocenters. The van der Waals surface area contributed by atoms with Gasteiger partial charge in [-0.2, -0.15) is 5.10 Å². The second kappa shape index (κ2) is 7.88. The molecule has 0 spiro atoms. The number of nitrogens with one attached hydrogen (secondary N) is 2. The van der Waals surface area contributed by atoms with E-state index in [0.29, 0.717) is 12.4 Å². The molecule has 0 bridgehead atoms. The number of aliphatic imine (C=N–C) groups is 1. The molecule has 28 heavy (non-hydrogen) atoms. The van der Waals surface area contributed by atoms with E-state index in [4.69, 9.17) is 5.73 Å². The number of carbonyl (C=O) groups excluding carboxylic acids is 1. The van der Waals surface area contributed by atoms with Gasteiger partial charge in [-0.25, -0.2) is 4.99 Å². The summed E-state index contributed by atoms with van der Waals surface area (Å²) in [7, 11) is 0. The maximum atomic E-state index is 11.9. The lowest BCUT2D eigenvalue weighted by molar-refractivity contribution is -0.128. The van der Waals surface area contributed by atoms with Gasteiger partial charge in [0.05, 0.1) is 18.4 Å². The SMILES string of the molecule is CC(=O)N1CCC(NCC2CC2)=C(C(N)=Nc2cccc(-c3cn[nH]c3)c2)C1. The maximum absolute atomic E-state index is 11.9. The number of aromatic amines is 1. The molecule has 2 aliphatic rings. The predicted molar refractivity (Wildman–Crippen MR) is 110 cm³/mol. The molecule has 1 amide bonds. The molecule has 1 aromatic carbocycles. The molecule has 1 aliphatic carbocycles. The van der Waals surface area contributed by atoms with Crippen LogP contribution in [0.2, 0.25) is 0 Å². The van der Waals surface area contributed by atoms with Gasteiger partial charge < -0.3 is 16.0 Å². The number of hydrogen-bond acceptors (Lipinski definition) is 4. The third kappa shape index (κ3) is 4.24. The molecular formula is C21H26N6O. The van der Waals surface area contributed by atoms with Gasteiger partial charge in [0.15, 0.2) is 0 Å². The van der Waals surface area contributed by atoms with Crippen LogP contribution in [0.4, 0.5) is 5.69 Å². The summed E-state index contributed by atoms with van der Waals surface area (Å²) in [6, 6.07) is 7.89. The van der Waals surface area contributed by atoms with Gasteiger partial charge in [0.1, 0.15) is 5.84 Å². The average Bonchev–Trinajstić information content (AvgIpc) is 3.36. The molecule has 1 saturated carbocycles. The van der Waals surface area contributed by atoms with Crippen molar-refractivity contribution in [2.24, 2.45) is 16.6 Å². The van der Waals surface area contributed by atoms with Crippen LogP contribution < -0.4 is 11.1 Å². The molecule has 4 rings (SSSR count). The Morgan fingerprint density at radius 1 is 1.39 bits per heavy atom. The maximum Gasteiger partial charge on any atom is 0.219 e. The molecule has 1 aromatic heterocycles. The van der Waals surface area contributed by atoms with Crippen molar-refractivity contribution in [2.75, 3.05) is 19.6 Å². The summed E-state index contributed by atoms with van der Waals surface area (Å²) in [5.41, 5.74) is 11.3. The minimum absolute atomic E-state index is 0.0634. The molecule has 2 aromatic rings. The third-order valence-electron chi connectivity index (χ3n) is 5.33.